The predicted octanol–water partition coefficient (Wildman–Crippen LogP) is -0.473. The molecule has 1 fully saturated rings. The maximum Gasteiger partial charge on any atom is 0.240 e. The van der Waals surface area contributed by atoms with Gasteiger partial charge in [0.15, 0.2) is 0 Å². The standard InChI is InChI=1S/C16H24ClN3O4S/c1-25(22,23)20(15-6-3-2-5-14(15)17)13-16(21)18-7-4-8-19-9-11-24-12-10-19/h2-3,5-6H,4,7-13H2,1H3,(H,18,21)/p+1. The van der Waals surface area contributed by atoms with Crippen LogP contribution in [0.4, 0.5) is 5.69 Å². The third kappa shape index (κ3) is 6.47. The van der Waals surface area contributed by atoms with Crippen LogP contribution < -0.4 is 14.5 Å². The van der Waals surface area contributed by atoms with Gasteiger partial charge in [0.05, 0.1) is 36.7 Å². The Bertz CT molecular complexity index is 678. The molecular formula is C16H25ClN3O4S+. The fourth-order valence-corrected chi connectivity index (χ4v) is 3.85. The molecule has 0 radical (unpaired) electrons. The summed E-state index contributed by atoms with van der Waals surface area (Å²) in [6.07, 6.45) is 1.90. The summed E-state index contributed by atoms with van der Waals surface area (Å²) in [5.74, 6) is -0.345. The molecule has 25 heavy (non-hydrogen) atoms. The van der Waals surface area contributed by atoms with Gasteiger partial charge in [0.2, 0.25) is 15.9 Å². The van der Waals surface area contributed by atoms with E-state index in [1.165, 1.54) is 4.90 Å². The van der Waals surface area contributed by atoms with E-state index in [2.05, 4.69) is 5.32 Å². The molecule has 0 atom stereocenters. The molecular weight excluding hydrogens is 366 g/mol. The van der Waals surface area contributed by atoms with Gasteiger partial charge in [-0.15, -0.1) is 0 Å². The van der Waals surface area contributed by atoms with E-state index in [0.717, 1.165) is 49.8 Å². The summed E-state index contributed by atoms with van der Waals surface area (Å²) in [5.41, 5.74) is 0.305. The van der Waals surface area contributed by atoms with E-state index >= 15 is 0 Å². The summed E-state index contributed by atoms with van der Waals surface area (Å²) in [5, 5.41) is 3.07. The van der Waals surface area contributed by atoms with Crippen LogP contribution in [0.3, 0.4) is 0 Å². The molecule has 9 heteroatoms. The number of anilines is 1. The van der Waals surface area contributed by atoms with Crippen molar-refractivity contribution >= 4 is 33.2 Å². The molecule has 0 unspecified atom stereocenters. The second-order valence-corrected chi connectivity index (χ2v) is 8.35. The van der Waals surface area contributed by atoms with Gasteiger partial charge in [-0.05, 0) is 12.1 Å². The van der Waals surface area contributed by atoms with E-state index < -0.39 is 10.0 Å². The Morgan fingerprint density at radius 2 is 2.00 bits per heavy atom. The van der Waals surface area contributed by atoms with Crippen molar-refractivity contribution in [3.8, 4) is 0 Å². The van der Waals surface area contributed by atoms with Gasteiger partial charge in [0.25, 0.3) is 0 Å². The van der Waals surface area contributed by atoms with E-state index in [1.54, 1.807) is 24.3 Å². The van der Waals surface area contributed by atoms with Crippen LogP contribution in [0, 0.1) is 0 Å². The summed E-state index contributed by atoms with van der Waals surface area (Å²) in [7, 11) is -3.61. The Morgan fingerprint density at radius 3 is 2.64 bits per heavy atom. The van der Waals surface area contributed by atoms with Crippen LogP contribution in [0.15, 0.2) is 24.3 Å². The number of para-hydroxylation sites is 1. The zero-order chi connectivity index (χ0) is 18.3. The largest absolute Gasteiger partial charge is 0.370 e. The van der Waals surface area contributed by atoms with Crippen molar-refractivity contribution in [1.29, 1.82) is 0 Å². The maximum atomic E-state index is 12.1. The van der Waals surface area contributed by atoms with E-state index in [0.29, 0.717) is 12.2 Å². The molecule has 140 valence electrons. The zero-order valence-corrected chi connectivity index (χ0v) is 15.9. The van der Waals surface area contributed by atoms with Crippen LogP contribution in [-0.4, -0.2) is 66.5 Å². The number of ether oxygens (including phenoxy) is 1. The average Bonchev–Trinajstić information content (AvgIpc) is 2.57. The van der Waals surface area contributed by atoms with Crippen molar-refractivity contribution in [2.75, 3.05) is 56.5 Å². The monoisotopic (exact) mass is 390 g/mol. The molecule has 1 heterocycles. The first-order valence-electron chi connectivity index (χ1n) is 8.28. The number of rotatable bonds is 8. The SMILES string of the molecule is CS(=O)(=O)N(CC(=O)NCCC[NH+]1CCOCC1)c1ccccc1Cl. The Morgan fingerprint density at radius 1 is 1.32 bits per heavy atom. The number of hydrogen-bond acceptors (Lipinski definition) is 4. The van der Waals surface area contributed by atoms with Crippen molar-refractivity contribution in [1.82, 2.24) is 5.32 Å². The van der Waals surface area contributed by atoms with Crippen LogP contribution in [-0.2, 0) is 19.6 Å². The predicted molar refractivity (Wildman–Crippen MR) is 97.7 cm³/mol. The highest BCUT2D eigenvalue weighted by molar-refractivity contribution is 7.92. The number of nitrogens with zero attached hydrogens (tertiary/aromatic N) is 1. The maximum absolute atomic E-state index is 12.1. The molecule has 2 N–H and O–H groups in total. The average molecular weight is 391 g/mol. The Kier molecular flexibility index (Phi) is 7.49. The van der Waals surface area contributed by atoms with Gasteiger partial charge in [-0.25, -0.2) is 8.42 Å². The molecule has 0 aliphatic carbocycles. The highest BCUT2D eigenvalue weighted by Crippen LogP contribution is 2.26. The lowest BCUT2D eigenvalue weighted by Gasteiger charge is -2.24. The molecule has 1 aromatic rings. The summed E-state index contributed by atoms with van der Waals surface area (Å²) in [6, 6.07) is 6.57. The number of quaternary nitrogens is 1. The van der Waals surface area contributed by atoms with Crippen molar-refractivity contribution in [2.45, 2.75) is 6.42 Å². The van der Waals surface area contributed by atoms with Gasteiger partial charge in [0.1, 0.15) is 19.6 Å². The van der Waals surface area contributed by atoms with Crippen molar-refractivity contribution in [3.63, 3.8) is 0 Å². The number of carbonyl (C=O) groups excluding carboxylic acids is 1. The van der Waals surface area contributed by atoms with E-state index in [1.807, 2.05) is 0 Å². The lowest BCUT2D eigenvalue weighted by molar-refractivity contribution is -0.908. The number of benzene rings is 1. The number of nitrogens with one attached hydrogen (secondary N) is 2. The Balaban J connectivity index is 1.84. The van der Waals surface area contributed by atoms with Gasteiger partial charge < -0.3 is 15.0 Å². The Labute approximate surface area is 153 Å². The van der Waals surface area contributed by atoms with Crippen LogP contribution in [0.2, 0.25) is 5.02 Å². The summed E-state index contributed by atoms with van der Waals surface area (Å²) < 4.78 is 30.4. The lowest BCUT2D eigenvalue weighted by Crippen LogP contribution is -3.14. The minimum atomic E-state index is -3.61. The van der Waals surface area contributed by atoms with Gasteiger partial charge in [-0.3, -0.25) is 9.10 Å². The zero-order valence-electron chi connectivity index (χ0n) is 14.3. The summed E-state index contributed by atoms with van der Waals surface area (Å²) in [4.78, 5) is 13.6. The molecule has 1 amide bonds. The minimum absolute atomic E-state index is 0.285. The number of amides is 1. The van der Waals surface area contributed by atoms with Crippen LogP contribution in [0.25, 0.3) is 0 Å². The topological polar surface area (TPSA) is 80.2 Å². The molecule has 7 nitrogen and oxygen atoms in total. The van der Waals surface area contributed by atoms with E-state index in [-0.39, 0.29) is 17.5 Å². The number of hydrogen-bond donors (Lipinski definition) is 2. The van der Waals surface area contributed by atoms with E-state index in [9.17, 15) is 13.2 Å². The smallest absolute Gasteiger partial charge is 0.240 e. The second-order valence-electron chi connectivity index (χ2n) is 6.04. The van der Waals surface area contributed by atoms with Crippen LogP contribution >= 0.6 is 11.6 Å². The molecule has 0 saturated carbocycles. The third-order valence-electron chi connectivity index (χ3n) is 4.04. The number of sulfonamides is 1. The van der Waals surface area contributed by atoms with Gasteiger partial charge in [-0.2, -0.15) is 0 Å². The fourth-order valence-electron chi connectivity index (χ4n) is 2.70. The normalized spacial score (nSPS) is 15.8. The molecule has 0 aromatic heterocycles. The van der Waals surface area contributed by atoms with Crippen LogP contribution in [0.1, 0.15) is 6.42 Å². The fraction of sp³-hybridized carbons (Fsp3) is 0.562. The van der Waals surface area contributed by atoms with Crippen LogP contribution in [0.5, 0.6) is 0 Å². The first kappa shape index (κ1) is 20.0. The highest BCUT2D eigenvalue weighted by Gasteiger charge is 2.22. The van der Waals surface area contributed by atoms with Crippen molar-refractivity contribution < 1.29 is 22.8 Å². The molecule has 1 aliphatic rings. The third-order valence-corrected chi connectivity index (χ3v) is 5.48. The molecule has 1 aromatic carbocycles. The molecule has 0 spiro atoms. The highest BCUT2D eigenvalue weighted by atomic mass is 35.5. The summed E-state index contributed by atoms with van der Waals surface area (Å²) >= 11 is 6.07. The Hall–Kier alpha value is -1.35. The van der Waals surface area contributed by atoms with Gasteiger partial charge >= 0.3 is 0 Å². The number of carbonyl (C=O) groups is 1. The van der Waals surface area contributed by atoms with Crippen molar-refractivity contribution in [2.24, 2.45) is 0 Å². The number of halogens is 1. The first-order chi connectivity index (χ1) is 11.9. The van der Waals surface area contributed by atoms with E-state index in [4.69, 9.17) is 16.3 Å². The van der Waals surface area contributed by atoms with Gasteiger partial charge in [0, 0.05) is 13.0 Å². The van der Waals surface area contributed by atoms with Gasteiger partial charge in [-0.1, -0.05) is 23.7 Å². The lowest BCUT2D eigenvalue weighted by atomic mass is 10.3. The quantitative estimate of drug-likeness (QED) is 0.588. The minimum Gasteiger partial charge on any atom is -0.370 e. The molecule has 2 rings (SSSR count). The van der Waals surface area contributed by atoms with Crippen molar-refractivity contribution in [3.05, 3.63) is 29.3 Å². The molecule has 1 saturated heterocycles. The second kappa shape index (κ2) is 9.38. The molecule has 0 bridgehead atoms. The first-order valence-corrected chi connectivity index (χ1v) is 10.5. The number of morpholine rings is 1. The molecule has 1 aliphatic heterocycles. The summed E-state index contributed by atoms with van der Waals surface area (Å²) in [6.45, 7) is 4.73.